The Labute approximate surface area is 121 Å². The second-order valence-corrected chi connectivity index (χ2v) is 4.98. The molecule has 0 spiro atoms. The first-order valence-corrected chi connectivity index (χ1v) is 6.73. The number of hydrogen-bond donors (Lipinski definition) is 0. The summed E-state index contributed by atoms with van der Waals surface area (Å²) in [5.74, 6) is -1.04. The zero-order valence-electron chi connectivity index (χ0n) is 12.9. The van der Waals surface area contributed by atoms with Gasteiger partial charge in [-0.15, -0.1) is 0 Å². The minimum atomic E-state index is -0.519. The van der Waals surface area contributed by atoms with Crippen LogP contribution in [-0.4, -0.2) is 76.2 Å². The van der Waals surface area contributed by atoms with Crippen LogP contribution in [-0.2, 0) is 19.1 Å². The highest BCUT2D eigenvalue weighted by Gasteiger charge is 2.01. The number of carbonyl (C=O) groups excluding carboxylic acids is 2. The van der Waals surface area contributed by atoms with Crippen molar-refractivity contribution in [2.75, 3.05) is 54.5 Å². The van der Waals surface area contributed by atoms with Gasteiger partial charge in [0, 0.05) is 25.2 Å². The third-order valence-corrected chi connectivity index (χ3v) is 2.34. The van der Waals surface area contributed by atoms with E-state index in [1.807, 2.05) is 38.0 Å². The van der Waals surface area contributed by atoms with Crippen molar-refractivity contribution in [1.29, 1.82) is 0 Å². The van der Waals surface area contributed by atoms with E-state index in [1.54, 1.807) is 0 Å². The van der Waals surface area contributed by atoms with Crippen LogP contribution >= 0.6 is 0 Å². The minimum Gasteiger partial charge on any atom is -0.462 e. The summed E-state index contributed by atoms with van der Waals surface area (Å²) < 4.78 is 9.87. The zero-order chi connectivity index (χ0) is 15.4. The summed E-state index contributed by atoms with van der Waals surface area (Å²) in [5, 5.41) is 0. The minimum absolute atomic E-state index is 0.346. The van der Waals surface area contributed by atoms with E-state index in [4.69, 9.17) is 9.47 Å². The molecule has 0 aromatic carbocycles. The fourth-order valence-corrected chi connectivity index (χ4v) is 1.34. The van der Waals surface area contributed by atoms with Gasteiger partial charge in [-0.05, 0) is 41.0 Å². The molecule has 0 aromatic rings. The second-order valence-electron chi connectivity index (χ2n) is 4.98. The molecule has 0 N–H and O–H groups in total. The van der Waals surface area contributed by atoms with Crippen LogP contribution in [0.4, 0.5) is 0 Å². The zero-order valence-corrected chi connectivity index (χ0v) is 12.9. The van der Waals surface area contributed by atoms with E-state index in [1.165, 1.54) is 0 Å². The molecule has 0 heterocycles. The van der Waals surface area contributed by atoms with E-state index in [0.29, 0.717) is 13.2 Å². The highest BCUT2D eigenvalue weighted by molar-refractivity contribution is 5.91. The molecule has 0 aliphatic carbocycles. The van der Waals surface area contributed by atoms with Crippen molar-refractivity contribution in [1.82, 2.24) is 9.80 Å². The van der Waals surface area contributed by atoms with Crippen LogP contribution in [0.3, 0.4) is 0 Å². The Hall–Kier alpha value is -1.40. The summed E-state index contributed by atoms with van der Waals surface area (Å²) in [5.41, 5.74) is 0. The normalized spacial score (nSPS) is 11.3. The van der Waals surface area contributed by atoms with Gasteiger partial charge in [-0.3, -0.25) is 0 Å². The van der Waals surface area contributed by atoms with Gasteiger partial charge >= 0.3 is 11.9 Å². The smallest absolute Gasteiger partial charge is 0.331 e. The first-order chi connectivity index (χ1) is 9.41. The predicted molar refractivity (Wildman–Crippen MR) is 77.4 cm³/mol. The number of nitrogens with zero attached hydrogens (tertiary/aromatic N) is 2. The largest absolute Gasteiger partial charge is 0.462 e. The Kier molecular flexibility index (Phi) is 10.6. The molecular formula is C14H26N2O4. The molecule has 0 saturated carbocycles. The molecule has 0 aromatic heterocycles. The number of ether oxygens (including phenoxy) is 2. The number of esters is 2. The molecular weight excluding hydrogens is 260 g/mol. The topological polar surface area (TPSA) is 59.1 Å². The van der Waals surface area contributed by atoms with E-state index >= 15 is 0 Å². The lowest BCUT2D eigenvalue weighted by Gasteiger charge is -2.08. The molecule has 0 rings (SSSR count). The van der Waals surface area contributed by atoms with E-state index < -0.39 is 11.9 Å². The summed E-state index contributed by atoms with van der Waals surface area (Å²) in [6.07, 6.45) is 3.73. The Balaban J connectivity index is 3.64. The molecule has 6 heteroatoms. The Morgan fingerprint density at radius 1 is 0.800 bits per heavy atom. The standard InChI is InChI=1S/C14H26N2O4/c1-15(2)9-5-11-19-13(17)7-8-14(18)20-12-6-10-16(3)4/h7-8H,5-6,9-12H2,1-4H3/b8-7-. The van der Waals surface area contributed by atoms with Crippen LogP contribution in [0.5, 0.6) is 0 Å². The van der Waals surface area contributed by atoms with E-state index in [9.17, 15) is 9.59 Å². The molecule has 6 nitrogen and oxygen atoms in total. The molecule has 20 heavy (non-hydrogen) atoms. The molecule has 0 saturated heterocycles. The van der Waals surface area contributed by atoms with Gasteiger partial charge in [0.05, 0.1) is 13.2 Å². The van der Waals surface area contributed by atoms with Gasteiger partial charge in [-0.2, -0.15) is 0 Å². The Morgan fingerprint density at radius 2 is 1.15 bits per heavy atom. The van der Waals surface area contributed by atoms with Crippen molar-refractivity contribution < 1.29 is 19.1 Å². The van der Waals surface area contributed by atoms with Gasteiger partial charge in [0.15, 0.2) is 0 Å². The molecule has 0 unspecified atom stereocenters. The lowest BCUT2D eigenvalue weighted by atomic mass is 10.4. The van der Waals surface area contributed by atoms with E-state index in [2.05, 4.69) is 0 Å². The van der Waals surface area contributed by atoms with Crippen LogP contribution in [0.1, 0.15) is 12.8 Å². The van der Waals surface area contributed by atoms with Crippen molar-refractivity contribution in [3.05, 3.63) is 12.2 Å². The lowest BCUT2D eigenvalue weighted by molar-refractivity contribution is -0.140. The maximum absolute atomic E-state index is 11.3. The first-order valence-electron chi connectivity index (χ1n) is 6.73. The average molecular weight is 286 g/mol. The van der Waals surface area contributed by atoms with Crippen LogP contribution in [0.2, 0.25) is 0 Å². The number of rotatable bonds is 10. The fraction of sp³-hybridized carbons (Fsp3) is 0.714. The maximum Gasteiger partial charge on any atom is 0.331 e. The van der Waals surface area contributed by atoms with E-state index in [0.717, 1.165) is 38.1 Å². The average Bonchev–Trinajstić information content (AvgIpc) is 2.37. The quantitative estimate of drug-likeness (QED) is 0.332. The van der Waals surface area contributed by atoms with Gasteiger partial charge in [0.25, 0.3) is 0 Å². The van der Waals surface area contributed by atoms with Gasteiger partial charge in [-0.25, -0.2) is 9.59 Å². The van der Waals surface area contributed by atoms with Crippen molar-refractivity contribution in [3.8, 4) is 0 Å². The number of carbonyl (C=O) groups is 2. The number of hydrogen-bond acceptors (Lipinski definition) is 6. The van der Waals surface area contributed by atoms with Gasteiger partial charge in [0.1, 0.15) is 0 Å². The monoisotopic (exact) mass is 286 g/mol. The lowest BCUT2D eigenvalue weighted by Crippen LogP contribution is -2.16. The van der Waals surface area contributed by atoms with Crippen LogP contribution < -0.4 is 0 Å². The third-order valence-electron chi connectivity index (χ3n) is 2.34. The van der Waals surface area contributed by atoms with E-state index in [-0.39, 0.29) is 0 Å². The molecule has 116 valence electrons. The molecule has 0 atom stereocenters. The maximum atomic E-state index is 11.3. The van der Waals surface area contributed by atoms with Crippen LogP contribution in [0.15, 0.2) is 12.2 Å². The first kappa shape index (κ1) is 18.6. The molecule has 0 aliphatic heterocycles. The second kappa shape index (κ2) is 11.4. The third kappa shape index (κ3) is 13.0. The summed E-state index contributed by atoms with van der Waals surface area (Å²) >= 11 is 0. The molecule has 0 aliphatic rings. The van der Waals surface area contributed by atoms with Crippen molar-refractivity contribution in [2.45, 2.75) is 12.8 Å². The van der Waals surface area contributed by atoms with Crippen molar-refractivity contribution in [2.24, 2.45) is 0 Å². The summed E-state index contributed by atoms with van der Waals surface area (Å²) in [4.78, 5) is 26.6. The Bertz CT molecular complexity index is 284. The fourth-order valence-electron chi connectivity index (χ4n) is 1.34. The molecule has 0 bridgehead atoms. The molecule has 0 fully saturated rings. The predicted octanol–water partition coefficient (Wildman–Crippen LogP) is 0.532. The molecule has 0 amide bonds. The van der Waals surface area contributed by atoms with Gasteiger partial charge in [-0.1, -0.05) is 0 Å². The molecule has 0 radical (unpaired) electrons. The highest BCUT2D eigenvalue weighted by atomic mass is 16.5. The van der Waals surface area contributed by atoms with Crippen molar-refractivity contribution in [3.63, 3.8) is 0 Å². The summed E-state index contributed by atoms with van der Waals surface area (Å²) in [6.45, 7) is 2.40. The SMILES string of the molecule is CN(C)CCCOC(=O)/C=C\C(=O)OCCCN(C)C. The Morgan fingerprint density at radius 3 is 1.45 bits per heavy atom. The summed E-state index contributed by atoms with van der Waals surface area (Å²) in [6, 6.07) is 0. The highest BCUT2D eigenvalue weighted by Crippen LogP contribution is 1.91. The van der Waals surface area contributed by atoms with Crippen LogP contribution in [0.25, 0.3) is 0 Å². The van der Waals surface area contributed by atoms with Gasteiger partial charge < -0.3 is 19.3 Å². The summed E-state index contributed by atoms with van der Waals surface area (Å²) in [7, 11) is 7.81. The van der Waals surface area contributed by atoms with Crippen molar-refractivity contribution >= 4 is 11.9 Å². The van der Waals surface area contributed by atoms with Crippen LogP contribution in [0, 0.1) is 0 Å². The van der Waals surface area contributed by atoms with Gasteiger partial charge in [0.2, 0.25) is 0 Å².